The van der Waals surface area contributed by atoms with Crippen LogP contribution in [-0.4, -0.2) is 25.3 Å². The Morgan fingerprint density at radius 2 is 2.21 bits per heavy atom. The number of rotatable bonds is 2. The average molecular weight is 395 g/mol. The number of carbonyl (C=O) groups excluding carboxylic acids is 1. The maximum absolute atomic E-state index is 11.9. The van der Waals surface area contributed by atoms with Gasteiger partial charge in [-0.15, -0.1) is 0 Å². The summed E-state index contributed by atoms with van der Waals surface area (Å²) in [6.07, 6.45) is 2.79. The van der Waals surface area contributed by atoms with Crippen LogP contribution in [0, 0.1) is 3.57 Å². The van der Waals surface area contributed by atoms with Crippen LogP contribution in [0.25, 0.3) is 0 Å². The summed E-state index contributed by atoms with van der Waals surface area (Å²) in [5.41, 5.74) is 0.635. The summed E-state index contributed by atoms with van der Waals surface area (Å²) >= 11 is 8.23. The molecule has 1 unspecified atom stereocenters. The minimum atomic E-state index is -0.212. The van der Waals surface area contributed by atoms with E-state index in [1.807, 2.05) is 12.1 Å². The molecule has 0 aromatic heterocycles. The fraction of sp³-hybridized carbons (Fsp3) is 0.462. The minimum absolute atomic E-state index is 0.170. The summed E-state index contributed by atoms with van der Waals surface area (Å²) in [5.74, 6) is 0. The van der Waals surface area contributed by atoms with E-state index in [4.69, 9.17) is 16.3 Å². The van der Waals surface area contributed by atoms with Crippen molar-refractivity contribution in [1.29, 1.82) is 0 Å². The summed E-state index contributed by atoms with van der Waals surface area (Å²) < 4.78 is 6.39. The van der Waals surface area contributed by atoms with E-state index in [1.54, 1.807) is 6.07 Å². The third-order valence-electron chi connectivity index (χ3n) is 2.96. The molecule has 2 N–H and O–H groups in total. The Labute approximate surface area is 131 Å². The maximum Gasteiger partial charge on any atom is 0.319 e. The molecule has 4 nitrogen and oxygen atoms in total. The molecular weight excluding hydrogens is 379 g/mol. The molecule has 1 atom stereocenters. The van der Waals surface area contributed by atoms with Crippen LogP contribution < -0.4 is 10.6 Å². The van der Waals surface area contributed by atoms with Crippen molar-refractivity contribution in [3.05, 3.63) is 26.8 Å². The van der Waals surface area contributed by atoms with Crippen molar-refractivity contribution in [1.82, 2.24) is 5.32 Å². The minimum Gasteiger partial charge on any atom is -0.381 e. The van der Waals surface area contributed by atoms with Crippen LogP contribution in [-0.2, 0) is 4.74 Å². The summed E-state index contributed by atoms with van der Waals surface area (Å²) in [4.78, 5) is 11.9. The predicted molar refractivity (Wildman–Crippen MR) is 84.8 cm³/mol. The van der Waals surface area contributed by atoms with E-state index < -0.39 is 0 Å². The standard InChI is InChI=1S/C13H16ClIN2O2/c14-11-4-3-9(15)8-12(11)17-13(18)16-10-2-1-6-19-7-5-10/h3-4,8,10H,1-2,5-7H2,(H2,16,17,18). The van der Waals surface area contributed by atoms with Gasteiger partial charge in [-0.1, -0.05) is 11.6 Å². The smallest absolute Gasteiger partial charge is 0.319 e. The molecule has 0 aliphatic carbocycles. The van der Waals surface area contributed by atoms with Crippen LogP contribution in [0.3, 0.4) is 0 Å². The van der Waals surface area contributed by atoms with Crippen LogP contribution in [0.1, 0.15) is 19.3 Å². The second-order valence-electron chi connectivity index (χ2n) is 4.46. The van der Waals surface area contributed by atoms with Crippen molar-refractivity contribution in [3.8, 4) is 0 Å². The number of hydrogen-bond donors (Lipinski definition) is 2. The molecule has 0 saturated carbocycles. The number of amides is 2. The molecule has 1 saturated heterocycles. The zero-order valence-corrected chi connectivity index (χ0v) is 13.3. The molecule has 2 rings (SSSR count). The first-order valence-electron chi connectivity index (χ1n) is 6.25. The number of urea groups is 1. The number of nitrogens with one attached hydrogen (secondary N) is 2. The number of hydrogen-bond acceptors (Lipinski definition) is 2. The van der Waals surface area contributed by atoms with Crippen molar-refractivity contribution in [3.63, 3.8) is 0 Å². The monoisotopic (exact) mass is 394 g/mol. The second kappa shape index (κ2) is 7.31. The lowest BCUT2D eigenvalue weighted by Gasteiger charge is -2.16. The second-order valence-corrected chi connectivity index (χ2v) is 6.12. The van der Waals surface area contributed by atoms with Crippen molar-refractivity contribution < 1.29 is 9.53 Å². The first-order valence-corrected chi connectivity index (χ1v) is 7.71. The summed E-state index contributed by atoms with van der Waals surface area (Å²) in [6, 6.07) is 5.48. The largest absolute Gasteiger partial charge is 0.381 e. The van der Waals surface area contributed by atoms with Gasteiger partial charge in [-0.2, -0.15) is 0 Å². The Morgan fingerprint density at radius 3 is 3.05 bits per heavy atom. The van der Waals surface area contributed by atoms with E-state index >= 15 is 0 Å². The number of benzene rings is 1. The highest BCUT2D eigenvalue weighted by atomic mass is 127. The molecule has 0 radical (unpaired) electrons. The average Bonchev–Trinajstić information content (AvgIpc) is 2.62. The van der Waals surface area contributed by atoms with Crippen molar-refractivity contribution >= 4 is 45.9 Å². The predicted octanol–water partition coefficient (Wildman–Crippen LogP) is 3.64. The molecule has 0 spiro atoms. The van der Waals surface area contributed by atoms with Gasteiger partial charge in [0, 0.05) is 22.8 Å². The number of halogens is 2. The van der Waals surface area contributed by atoms with Crippen LogP contribution in [0.4, 0.5) is 10.5 Å². The maximum atomic E-state index is 11.9. The first-order chi connectivity index (χ1) is 9.15. The summed E-state index contributed by atoms with van der Waals surface area (Å²) in [5, 5.41) is 6.30. The van der Waals surface area contributed by atoms with Crippen LogP contribution in [0.2, 0.25) is 5.02 Å². The third kappa shape index (κ3) is 4.81. The van der Waals surface area contributed by atoms with Gasteiger partial charge < -0.3 is 15.4 Å². The van der Waals surface area contributed by atoms with E-state index in [2.05, 4.69) is 33.2 Å². The van der Waals surface area contributed by atoms with Crippen LogP contribution >= 0.6 is 34.2 Å². The molecule has 1 aliphatic heterocycles. The van der Waals surface area contributed by atoms with E-state index in [-0.39, 0.29) is 12.1 Å². The Bertz CT molecular complexity index is 448. The van der Waals surface area contributed by atoms with Crippen molar-refractivity contribution in [2.75, 3.05) is 18.5 Å². The Hall–Kier alpha value is -0.530. The molecule has 1 aromatic rings. The highest BCUT2D eigenvalue weighted by molar-refractivity contribution is 14.1. The lowest BCUT2D eigenvalue weighted by atomic mass is 10.1. The van der Waals surface area contributed by atoms with E-state index in [0.717, 1.165) is 29.4 Å². The van der Waals surface area contributed by atoms with Gasteiger partial charge in [-0.05, 0) is 60.1 Å². The quantitative estimate of drug-likeness (QED) is 0.753. The normalized spacial score (nSPS) is 19.6. The highest BCUT2D eigenvalue weighted by Gasteiger charge is 2.15. The number of anilines is 1. The Balaban J connectivity index is 1.91. The van der Waals surface area contributed by atoms with Gasteiger partial charge in [0.15, 0.2) is 0 Å². The fourth-order valence-corrected chi connectivity index (χ4v) is 2.64. The molecule has 1 fully saturated rings. The number of carbonyl (C=O) groups is 1. The van der Waals surface area contributed by atoms with Gasteiger partial charge in [0.05, 0.1) is 10.7 Å². The van der Waals surface area contributed by atoms with E-state index in [0.29, 0.717) is 17.3 Å². The topological polar surface area (TPSA) is 50.4 Å². The summed E-state index contributed by atoms with van der Waals surface area (Å²) in [6.45, 7) is 1.48. The summed E-state index contributed by atoms with van der Waals surface area (Å²) in [7, 11) is 0. The molecule has 0 bridgehead atoms. The molecule has 2 amide bonds. The molecule has 1 aliphatic rings. The van der Waals surface area contributed by atoms with Gasteiger partial charge >= 0.3 is 6.03 Å². The van der Waals surface area contributed by atoms with Gasteiger partial charge in [-0.3, -0.25) is 0 Å². The molecule has 104 valence electrons. The van der Waals surface area contributed by atoms with Gasteiger partial charge in [-0.25, -0.2) is 4.79 Å². The van der Waals surface area contributed by atoms with Crippen molar-refractivity contribution in [2.24, 2.45) is 0 Å². The fourth-order valence-electron chi connectivity index (χ4n) is 1.99. The zero-order valence-electron chi connectivity index (χ0n) is 10.4. The zero-order chi connectivity index (χ0) is 13.7. The highest BCUT2D eigenvalue weighted by Crippen LogP contribution is 2.23. The Morgan fingerprint density at radius 1 is 1.37 bits per heavy atom. The van der Waals surface area contributed by atoms with E-state index in [1.165, 1.54) is 0 Å². The van der Waals surface area contributed by atoms with Crippen molar-refractivity contribution in [2.45, 2.75) is 25.3 Å². The number of ether oxygens (including phenoxy) is 1. The molecular formula is C13H16ClIN2O2. The Kier molecular flexibility index (Phi) is 5.72. The van der Waals surface area contributed by atoms with Crippen LogP contribution in [0.15, 0.2) is 18.2 Å². The molecule has 1 aromatic carbocycles. The van der Waals surface area contributed by atoms with Crippen LogP contribution in [0.5, 0.6) is 0 Å². The molecule has 1 heterocycles. The van der Waals surface area contributed by atoms with Gasteiger partial charge in [0.2, 0.25) is 0 Å². The van der Waals surface area contributed by atoms with E-state index in [9.17, 15) is 4.79 Å². The lowest BCUT2D eigenvalue weighted by Crippen LogP contribution is -2.38. The molecule has 6 heteroatoms. The third-order valence-corrected chi connectivity index (χ3v) is 3.96. The first kappa shape index (κ1) is 14.9. The SMILES string of the molecule is O=C(Nc1cc(I)ccc1Cl)NC1CCCOCC1. The molecule has 19 heavy (non-hydrogen) atoms. The van der Waals surface area contributed by atoms with Gasteiger partial charge in [0.1, 0.15) is 0 Å². The van der Waals surface area contributed by atoms with Gasteiger partial charge in [0.25, 0.3) is 0 Å². The lowest BCUT2D eigenvalue weighted by molar-refractivity contribution is 0.143.